The minimum atomic E-state index is -0.634. The summed E-state index contributed by atoms with van der Waals surface area (Å²) in [5.74, 6) is -0.188. The lowest BCUT2D eigenvalue weighted by molar-refractivity contribution is -0.129. The van der Waals surface area contributed by atoms with Gasteiger partial charge in [0.15, 0.2) is 5.78 Å². The smallest absolute Gasteiger partial charge is 0.261 e. The van der Waals surface area contributed by atoms with E-state index < -0.39 is 12.2 Å². The Labute approximate surface area is 151 Å². The number of Topliss-reactive ketones (excluding diaryl/α,β-unsaturated/α-hetero) is 1. The number of benzene rings is 1. The molecule has 0 amide bonds. The summed E-state index contributed by atoms with van der Waals surface area (Å²) in [6.45, 7) is 0.432. The number of carbonyl (C=O) groups is 1. The molecule has 2 aromatic rings. The van der Waals surface area contributed by atoms with Crippen molar-refractivity contribution in [2.24, 2.45) is 0 Å². The van der Waals surface area contributed by atoms with Crippen molar-refractivity contribution in [2.45, 2.75) is 38.0 Å². The molecule has 1 aliphatic heterocycles. The zero-order valence-electron chi connectivity index (χ0n) is 12.7. The van der Waals surface area contributed by atoms with Crippen molar-refractivity contribution in [1.29, 1.82) is 0 Å². The number of aliphatic hydroxyl groups is 1. The minimum Gasteiger partial charge on any atom is -0.390 e. The van der Waals surface area contributed by atoms with E-state index in [1.54, 1.807) is 6.07 Å². The Bertz CT molecular complexity index is 839. The van der Waals surface area contributed by atoms with Gasteiger partial charge < -0.3 is 9.84 Å². The average Bonchev–Trinajstić information content (AvgIpc) is 2.54. The van der Waals surface area contributed by atoms with E-state index in [9.17, 15) is 14.7 Å². The van der Waals surface area contributed by atoms with E-state index in [1.807, 2.05) is 0 Å². The van der Waals surface area contributed by atoms with Crippen molar-refractivity contribution < 1.29 is 14.6 Å². The van der Waals surface area contributed by atoms with Crippen molar-refractivity contribution in [1.82, 2.24) is 9.55 Å². The van der Waals surface area contributed by atoms with Gasteiger partial charge in [-0.05, 0) is 40.9 Å². The molecule has 0 aliphatic carbocycles. The molecule has 24 heavy (non-hydrogen) atoms. The molecule has 128 valence electrons. The minimum absolute atomic E-state index is 0.0761. The maximum Gasteiger partial charge on any atom is 0.261 e. The number of fused-ring (bicyclic) bond motifs is 1. The lowest BCUT2D eigenvalue weighted by Gasteiger charge is -2.27. The third kappa shape index (κ3) is 3.69. The number of carbonyl (C=O) groups excluding carboxylic acids is 1. The molecule has 1 saturated heterocycles. The third-order valence-electron chi connectivity index (χ3n) is 4.05. The molecule has 6 nitrogen and oxygen atoms in total. The van der Waals surface area contributed by atoms with Crippen molar-refractivity contribution >= 4 is 44.2 Å². The first kappa shape index (κ1) is 17.5. The molecule has 1 aliphatic rings. The standard InChI is InChI=1S/C16H16BrClN2O4/c17-11-6-13-10(5-12(11)18)16(23)20(8-19-13)7-9(21)4-15-14(22)2-1-3-24-15/h5-6,8,14-15,22H,1-4,7H2/t14-,15+/m0/s1. The maximum atomic E-state index is 12.5. The van der Waals surface area contributed by atoms with Gasteiger partial charge in [-0.2, -0.15) is 0 Å². The van der Waals surface area contributed by atoms with Crippen LogP contribution < -0.4 is 5.56 Å². The normalized spacial score (nSPS) is 21.1. The lowest BCUT2D eigenvalue weighted by atomic mass is 10.0. The highest BCUT2D eigenvalue weighted by Gasteiger charge is 2.26. The van der Waals surface area contributed by atoms with Gasteiger partial charge in [0.05, 0.1) is 41.0 Å². The van der Waals surface area contributed by atoms with Gasteiger partial charge in [0, 0.05) is 17.5 Å². The van der Waals surface area contributed by atoms with Crippen molar-refractivity contribution in [2.75, 3.05) is 6.61 Å². The quantitative estimate of drug-likeness (QED) is 0.829. The summed E-state index contributed by atoms with van der Waals surface area (Å²) < 4.78 is 7.34. The SMILES string of the molecule is O=C(C[C@H]1OCCC[C@@H]1O)Cn1cnc2cc(Br)c(Cl)cc2c1=O. The monoisotopic (exact) mass is 414 g/mol. The molecule has 1 fully saturated rings. The maximum absolute atomic E-state index is 12.5. The van der Waals surface area contributed by atoms with Gasteiger partial charge in [0.1, 0.15) is 0 Å². The van der Waals surface area contributed by atoms with Crippen LogP contribution in [0.3, 0.4) is 0 Å². The van der Waals surface area contributed by atoms with E-state index in [1.165, 1.54) is 17.0 Å². The van der Waals surface area contributed by atoms with E-state index >= 15 is 0 Å². The second kappa shape index (κ2) is 7.31. The summed E-state index contributed by atoms with van der Waals surface area (Å²) in [4.78, 5) is 28.9. The Balaban J connectivity index is 1.79. The van der Waals surface area contributed by atoms with Crippen LogP contribution in [0.5, 0.6) is 0 Å². The molecule has 1 aromatic heterocycles. The zero-order chi connectivity index (χ0) is 17.3. The predicted molar refractivity (Wildman–Crippen MR) is 93.3 cm³/mol. The van der Waals surface area contributed by atoms with Crippen LogP contribution in [-0.2, 0) is 16.1 Å². The number of ether oxygens (including phenoxy) is 1. The molecule has 1 aromatic carbocycles. The highest BCUT2D eigenvalue weighted by molar-refractivity contribution is 9.10. The Kier molecular flexibility index (Phi) is 5.34. The Hall–Kier alpha value is -1.28. The molecule has 8 heteroatoms. The number of aromatic nitrogens is 2. The van der Waals surface area contributed by atoms with Gasteiger partial charge in [-0.1, -0.05) is 11.6 Å². The number of rotatable bonds is 4. The second-order valence-electron chi connectivity index (χ2n) is 5.82. The first-order valence-electron chi connectivity index (χ1n) is 7.61. The topological polar surface area (TPSA) is 81.4 Å². The summed E-state index contributed by atoms with van der Waals surface area (Å²) >= 11 is 9.32. The average molecular weight is 416 g/mol. The molecule has 0 radical (unpaired) electrons. The van der Waals surface area contributed by atoms with Gasteiger partial charge in [0.25, 0.3) is 5.56 Å². The summed E-state index contributed by atoms with van der Waals surface area (Å²) in [6, 6.07) is 3.20. The van der Waals surface area contributed by atoms with Crippen LogP contribution in [0.1, 0.15) is 19.3 Å². The van der Waals surface area contributed by atoms with Crippen LogP contribution in [0.4, 0.5) is 0 Å². The molecule has 2 heterocycles. The lowest BCUT2D eigenvalue weighted by Crippen LogP contribution is -2.37. The molecule has 2 atom stereocenters. The fraction of sp³-hybridized carbons (Fsp3) is 0.438. The highest BCUT2D eigenvalue weighted by Crippen LogP contribution is 2.25. The van der Waals surface area contributed by atoms with Gasteiger partial charge in [-0.25, -0.2) is 4.98 Å². The fourth-order valence-electron chi connectivity index (χ4n) is 2.76. The molecular weight excluding hydrogens is 400 g/mol. The van der Waals surface area contributed by atoms with Crippen LogP contribution in [0.25, 0.3) is 10.9 Å². The highest BCUT2D eigenvalue weighted by atomic mass is 79.9. The van der Waals surface area contributed by atoms with E-state index in [0.29, 0.717) is 33.4 Å². The predicted octanol–water partition coefficient (Wildman–Crippen LogP) is 2.31. The Morgan fingerprint density at radius 3 is 3.04 bits per heavy atom. The van der Waals surface area contributed by atoms with Crippen molar-refractivity contribution in [3.63, 3.8) is 0 Å². The number of hydrogen-bond acceptors (Lipinski definition) is 5. The van der Waals surface area contributed by atoms with Crippen LogP contribution in [-0.4, -0.2) is 39.3 Å². The molecular formula is C16H16BrClN2O4. The zero-order valence-corrected chi connectivity index (χ0v) is 15.1. The molecule has 3 rings (SSSR count). The third-order valence-corrected chi connectivity index (χ3v) is 5.24. The van der Waals surface area contributed by atoms with Crippen LogP contribution in [0.15, 0.2) is 27.7 Å². The van der Waals surface area contributed by atoms with Gasteiger partial charge in [-0.3, -0.25) is 14.2 Å². The van der Waals surface area contributed by atoms with Gasteiger partial charge in [0.2, 0.25) is 0 Å². The number of hydrogen-bond donors (Lipinski definition) is 1. The second-order valence-corrected chi connectivity index (χ2v) is 7.08. The number of aliphatic hydroxyl groups excluding tert-OH is 1. The molecule has 0 bridgehead atoms. The van der Waals surface area contributed by atoms with E-state index in [2.05, 4.69) is 20.9 Å². The van der Waals surface area contributed by atoms with Crippen molar-refractivity contribution in [3.8, 4) is 0 Å². The molecule has 0 saturated carbocycles. The van der Waals surface area contributed by atoms with E-state index in [0.717, 1.165) is 6.42 Å². The number of nitrogens with zero attached hydrogens (tertiary/aromatic N) is 2. The summed E-state index contributed by atoms with van der Waals surface area (Å²) in [5, 5.41) is 10.6. The van der Waals surface area contributed by atoms with Gasteiger partial charge in [-0.15, -0.1) is 0 Å². The Morgan fingerprint density at radius 1 is 1.50 bits per heavy atom. The summed E-state index contributed by atoms with van der Waals surface area (Å²) in [5.41, 5.74) is 0.180. The Morgan fingerprint density at radius 2 is 2.29 bits per heavy atom. The molecule has 0 spiro atoms. The number of halogens is 2. The number of ketones is 1. The summed E-state index contributed by atoms with van der Waals surface area (Å²) in [6.07, 6.45) is 1.71. The van der Waals surface area contributed by atoms with Crippen LogP contribution in [0, 0.1) is 0 Å². The van der Waals surface area contributed by atoms with Gasteiger partial charge >= 0.3 is 0 Å². The van der Waals surface area contributed by atoms with E-state index in [-0.39, 0.29) is 24.3 Å². The van der Waals surface area contributed by atoms with E-state index in [4.69, 9.17) is 16.3 Å². The van der Waals surface area contributed by atoms with Crippen LogP contribution >= 0.6 is 27.5 Å². The molecule has 1 N–H and O–H groups in total. The molecule has 0 unspecified atom stereocenters. The first-order chi connectivity index (χ1) is 11.5. The largest absolute Gasteiger partial charge is 0.390 e. The fourth-order valence-corrected chi connectivity index (χ4v) is 3.26. The first-order valence-corrected chi connectivity index (χ1v) is 8.78. The van der Waals surface area contributed by atoms with Crippen LogP contribution in [0.2, 0.25) is 5.02 Å². The van der Waals surface area contributed by atoms with Crippen molar-refractivity contribution in [3.05, 3.63) is 38.3 Å². The summed E-state index contributed by atoms with van der Waals surface area (Å²) in [7, 11) is 0.